The van der Waals surface area contributed by atoms with Crippen LogP contribution in [-0.2, 0) is 4.79 Å². The molecular formula is C17H20N4O2. The summed E-state index contributed by atoms with van der Waals surface area (Å²) < 4.78 is 0. The maximum Gasteiger partial charge on any atom is 0.271 e. The van der Waals surface area contributed by atoms with Gasteiger partial charge in [-0.25, -0.2) is 5.43 Å². The third kappa shape index (κ3) is 5.43. The van der Waals surface area contributed by atoms with Gasteiger partial charge in [0.1, 0.15) is 0 Å². The fourth-order valence-corrected chi connectivity index (χ4v) is 1.92. The molecule has 0 fully saturated rings. The first-order valence-corrected chi connectivity index (χ1v) is 7.55. The van der Waals surface area contributed by atoms with Gasteiger partial charge in [0.15, 0.2) is 0 Å². The van der Waals surface area contributed by atoms with Crippen LogP contribution in [0.3, 0.4) is 0 Å². The largest absolute Gasteiger partial charge is 0.360 e. The number of hydrogen-bond donors (Lipinski definition) is 3. The Balaban J connectivity index is 1.86. The van der Waals surface area contributed by atoms with Gasteiger partial charge in [0.05, 0.1) is 11.9 Å². The molecule has 0 radical (unpaired) electrons. The fourth-order valence-electron chi connectivity index (χ4n) is 1.92. The first-order chi connectivity index (χ1) is 11.2. The number of hydrazone groups is 1. The summed E-state index contributed by atoms with van der Waals surface area (Å²) in [6.07, 6.45) is 5.66. The molecule has 2 aromatic rings. The number of unbranched alkanes of at least 4 members (excludes halogenated alkanes) is 1. The molecule has 0 atom stereocenters. The lowest BCUT2D eigenvalue weighted by Gasteiger charge is -2.05. The Morgan fingerprint density at radius 1 is 1.22 bits per heavy atom. The minimum atomic E-state index is -0.309. The van der Waals surface area contributed by atoms with E-state index < -0.39 is 0 Å². The number of carbonyl (C=O) groups is 2. The van der Waals surface area contributed by atoms with Crippen molar-refractivity contribution in [3.8, 4) is 0 Å². The predicted octanol–water partition coefficient (Wildman–Crippen LogP) is 2.91. The zero-order valence-corrected chi connectivity index (χ0v) is 13.0. The van der Waals surface area contributed by atoms with Crippen molar-refractivity contribution in [3.05, 3.63) is 53.9 Å². The Bertz CT molecular complexity index is 660. The molecule has 0 aliphatic carbocycles. The summed E-state index contributed by atoms with van der Waals surface area (Å²) in [5.74, 6) is -0.323. The maximum atomic E-state index is 11.9. The van der Waals surface area contributed by atoms with Crippen molar-refractivity contribution in [2.24, 2.45) is 5.10 Å². The van der Waals surface area contributed by atoms with Gasteiger partial charge in [-0.1, -0.05) is 13.3 Å². The molecule has 0 unspecified atom stereocenters. The van der Waals surface area contributed by atoms with Gasteiger partial charge >= 0.3 is 0 Å². The molecule has 0 saturated heterocycles. The Hall–Kier alpha value is -2.89. The summed E-state index contributed by atoms with van der Waals surface area (Å²) >= 11 is 0. The molecule has 1 aromatic carbocycles. The molecule has 0 aliphatic rings. The molecule has 6 heteroatoms. The van der Waals surface area contributed by atoms with Gasteiger partial charge in [-0.05, 0) is 42.8 Å². The second kappa shape index (κ2) is 8.53. The second-order valence-corrected chi connectivity index (χ2v) is 5.05. The van der Waals surface area contributed by atoms with E-state index in [0.717, 1.165) is 18.5 Å². The number of aromatic amines is 1. The highest BCUT2D eigenvalue weighted by molar-refractivity contribution is 5.96. The van der Waals surface area contributed by atoms with E-state index in [4.69, 9.17) is 0 Å². The zero-order valence-electron chi connectivity index (χ0n) is 13.0. The normalized spacial score (nSPS) is 10.7. The Morgan fingerprint density at radius 3 is 2.65 bits per heavy atom. The summed E-state index contributed by atoms with van der Waals surface area (Å²) in [5.41, 5.74) is 4.40. The van der Waals surface area contributed by atoms with Gasteiger partial charge in [-0.15, -0.1) is 0 Å². The van der Waals surface area contributed by atoms with E-state index in [1.165, 1.54) is 6.21 Å². The van der Waals surface area contributed by atoms with Crippen LogP contribution in [0.2, 0.25) is 0 Å². The molecule has 3 N–H and O–H groups in total. The Morgan fingerprint density at radius 2 is 2.00 bits per heavy atom. The van der Waals surface area contributed by atoms with Crippen molar-refractivity contribution in [3.63, 3.8) is 0 Å². The summed E-state index contributed by atoms with van der Waals surface area (Å²) in [4.78, 5) is 26.5. The lowest BCUT2D eigenvalue weighted by molar-refractivity contribution is -0.116. The number of aromatic nitrogens is 1. The smallest absolute Gasteiger partial charge is 0.271 e. The van der Waals surface area contributed by atoms with Crippen LogP contribution in [0.25, 0.3) is 0 Å². The number of hydrogen-bond acceptors (Lipinski definition) is 3. The lowest BCUT2D eigenvalue weighted by Crippen LogP contribution is -2.17. The van der Waals surface area contributed by atoms with Crippen LogP contribution in [0.4, 0.5) is 5.69 Å². The maximum absolute atomic E-state index is 11.9. The average Bonchev–Trinajstić information content (AvgIpc) is 3.07. The number of nitrogens with zero attached hydrogens (tertiary/aromatic N) is 1. The van der Waals surface area contributed by atoms with Crippen LogP contribution in [0.1, 0.15) is 42.2 Å². The van der Waals surface area contributed by atoms with E-state index in [-0.39, 0.29) is 11.8 Å². The molecule has 0 saturated carbocycles. The van der Waals surface area contributed by atoms with Gasteiger partial charge < -0.3 is 10.3 Å². The van der Waals surface area contributed by atoms with Gasteiger partial charge in [0, 0.05) is 23.9 Å². The minimum absolute atomic E-state index is 0.0143. The summed E-state index contributed by atoms with van der Waals surface area (Å²) in [6, 6.07) is 10.4. The highest BCUT2D eigenvalue weighted by Gasteiger charge is 2.05. The van der Waals surface area contributed by atoms with Crippen molar-refractivity contribution in [2.75, 3.05) is 5.32 Å². The monoisotopic (exact) mass is 312 g/mol. The summed E-state index contributed by atoms with van der Waals surface area (Å²) in [7, 11) is 0. The summed E-state index contributed by atoms with van der Waals surface area (Å²) in [6.45, 7) is 2.04. The Labute approximate surface area is 135 Å². The minimum Gasteiger partial charge on any atom is -0.360 e. The molecule has 2 rings (SSSR count). The standard InChI is InChI=1S/C17H20N4O2/c1-2-3-6-16(22)20-14-9-7-13(8-10-14)17(23)21-19-12-15-5-4-11-18-15/h4-5,7-12,18H,2-3,6H2,1H3,(H,20,22)(H,21,23). The molecule has 1 heterocycles. The molecule has 6 nitrogen and oxygen atoms in total. The van der Waals surface area contributed by atoms with Crippen LogP contribution in [0.5, 0.6) is 0 Å². The third-order valence-electron chi connectivity index (χ3n) is 3.18. The highest BCUT2D eigenvalue weighted by atomic mass is 16.2. The first kappa shape index (κ1) is 16.5. The molecule has 0 spiro atoms. The number of carbonyl (C=O) groups excluding carboxylic acids is 2. The second-order valence-electron chi connectivity index (χ2n) is 5.05. The van der Waals surface area contributed by atoms with Crippen molar-refractivity contribution in [1.29, 1.82) is 0 Å². The van der Waals surface area contributed by atoms with Crippen molar-refractivity contribution < 1.29 is 9.59 Å². The van der Waals surface area contributed by atoms with E-state index in [1.807, 2.05) is 19.1 Å². The molecule has 2 amide bonds. The number of anilines is 1. The number of rotatable bonds is 7. The SMILES string of the molecule is CCCCC(=O)Nc1ccc(C(=O)NN=Cc2ccc[nH]2)cc1. The summed E-state index contributed by atoms with van der Waals surface area (Å²) in [5, 5.41) is 6.67. The molecule has 0 bridgehead atoms. The van der Waals surface area contributed by atoms with Gasteiger partial charge in [-0.3, -0.25) is 9.59 Å². The average molecular weight is 312 g/mol. The lowest BCUT2D eigenvalue weighted by atomic mass is 10.2. The Kier molecular flexibility index (Phi) is 6.11. The van der Waals surface area contributed by atoms with Crippen LogP contribution >= 0.6 is 0 Å². The van der Waals surface area contributed by atoms with Crippen molar-refractivity contribution >= 4 is 23.7 Å². The predicted molar refractivity (Wildman–Crippen MR) is 90.4 cm³/mol. The van der Waals surface area contributed by atoms with Gasteiger partial charge in [0.25, 0.3) is 5.91 Å². The highest BCUT2D eigenvalue weighted by Crippen LogP contribution is 2.10. The molecule has 0 aliphatic heterocycles. The van der Waals surface area contributed by atoms with Crippen LogP contribution in [0, 0.1) is 0 Å². The number of H-pyrrole nitrogens is 1. The van der Waals surface area contributed by atoms with Crippen LogP contribution < -0.4 is 10.7 Å². The quantitative estimate of drug-likeness (QED) is 0.542. The zero-order chi connectivity index (χ0) is 16.5. The van der Waals surface area contributed by atoms with E-state index >= 15 is 0 Å². The van der Waals surface area contributed by atoms with E-state index in [2.05, 4.69) is 20.8 Å². The number of amides is 2. The van der Waals surface area contributed by atoms with E-state index in [9.17, 15) is 9.59 Å². The molecule has 120 valence electrons. The van der Waals surface area contributed by atoms with Crippen molar-refractivity contribution in [1.82, 2.24) is 10.4 Å². The van der Waals surface area contributed by atoms with Crippen LogP contribution in [-0.4, -0.2) is 23.0 Å². The molecular weight excluding hydrogens is 292 g/mol. The molecule has 1 aromatic heterocycles. The van der Waals surface area contributed by atoms with E-state index in [0.29, 0.717) is 17.7 Å². The topological polar surface area (TPSA) is 86.3 Å². The third-order valence-corrected chi connectivity index (χ3v) is 3.18. The van der Waals surface area contributed by atoms with E-state index in [1.54, 1.807) is 30.5 Å². The number of benzene rings is 1. The fraction of sp³-hybridized carbons (Fsp3) is 0.235. The van der Waals surface area contributed by atoms with Crippen molar-refractivity contribution in [2.45, 2.75) is 26.2 Å². The van der Waals surface area contributed by atoms with Crippen LogP contribution in [0.15, 0.2) is 47.7 Å². The van der Waals surface area contributed by atoms with Gasteiger partial charge in [0.2, 0.25) is 5.91 Å². The van der Waals surface area contributed by atoms with Gasteiger partial charge in [-0.2, -0.15) is 5.10 Å². The first-order valence-electron chi connectivity index (χ1n) is 7.55. The molecule has 23 heavy (non-hydrogen) atoms. The number of nitrogens with one attached hydrogen (secondary N) is 3.